The number of nitrogens with one attached hydrogen (secondary N) is 1. The lowest BCUT2D eigenvalue weighted by Gasteiger charge is -2.10. The van der Waals surface area contributed by atoms with Gasteiger partial charge in [0.2, 0.25) is 0 Å². The molecule has 0 bridgehead atoms. The molecule has 1 atom stereocenters. The van der Waals surface area contributed by atoms with Gasteiger partial charge in [-0.2, -0.15) is 0 Å². The summed E-state index contributed by atoms with van der Waals surface area (Å²) in [5.41, 5.74) is 2.06. The second-order valence-corrected chi connectivity index (χ2v) is 3.44. The zero-order valence-corrected chi connectivity index (χ0v) is 9.21. The van der Waals surface area contributed by atoms with E-state index in [0.29, 0.717) is 6.61 Å². The maximum atomic E-state index is 10.9. The van der Waals surface area contributed by atoms with Gasteiger partial charge in [0.15, 0.2) is 0 Å². The van der Waals surface area contributed by atoms with Gasteiger partial charge in [-0.25, -0.2) is 5.84 Å². The van der Waals surface area contributed by atoms with Crippen LogP contribution in [0.2, 0.25) is 0 Å². The number of hydrazine groups is 1. The zero-order valence-electron chi connectivity index (χ0n) is 9.21. The average Bonchev–Trinajstić information content (AvgIpc) is 2.21. The average molecular weight is 202 g/mol. The Kier molecular flexibility index (Phi) is 8.57. The van der Waals surface area contributed by atoms with Gasteiger partial charge in [0, 0.05) is 6.61 Å². The molecule has 1 amide bonds. The highest BCUT2D eigenvalue weighted by molar-refractivity contribution is 5.79. The normalized spacial score (nSPS) is 12.5. The number of rotatable bonds is 8. The highest BCUT2D eigenvalue weighted by Crippen LogP contribution is 2.03. The van der Waals surface area contributed by atoms with E-state index >= 15 is 0 Å². The van der Waals surface area contributed by atoms with Gasteiger partial charge in [-0.3, -0.25) is 10.2 Å². The SMILES string of the molecule is CCCCCCCOC(C)C(=O)NN. The van der Waals surface area contributed by atoms with E-state index in [1.807, 2.05) is 0 Å². The van der Waals surface area contributed by atoms with Gasteiger partial charge >= 0.3 is 0 Å². The number of hydrogen-bond donors (Lipinski definition) is 2. The zero-order chi connectivity index (χ0) is 10.8. The summed E-state index contributed by atoms with van der Waals surface area (Å²) in [4.78, 5) is 10.9. The van der Waals surface area contributed by atoms with E-state index in [4.69, 9.17) is 10.6 Å². The number of ether oxygens (including phenoxy) is 1. The molecule has 0 aliphatic heterocycles. The van der Waals surface area contributed by atoms with Gasteiger partial charge in [0.1, 0.15) is 6.10 Å². The molecule has 0 aromatic rings. The van der Waals surface area contributed by atoms with Crippen LogP contribution in [-0.4, -0.2) is 18.6 Å². The van der Waals surface area contributed by atoms with Crippen LogP contribution in [0.5, 0.6) is 0 Å². The molecule has 84 valence electrons. The van der Waals surface area contributed by atoms with Crippen molar-refractivity contribution in [2.24, 2.45) is 5.84 Å². The summed E-state index contributed by atoms with van der Waals surface area (Å²) in [6, 6.07) is 0. The molecule has 0 saturated heterocycles. The number of unbranched alkanes of at least 4 members (excludes halogenated alkanes) is 4. The summed E-state index contributed by atoms with van der Waals surface area (Å²) in [7, 11) is 0. The second-order valence-electron chi connectivity index (χ2n) is 3.44. The van der Waals surface area contributed by atoms with Crippen molar-refractivity contribution in [2.45, 2.75) is 52.1 Å². The highest BCUT2D eigenvalue weighted by atomic mass is 16.5. The second kappa shape index (κ2) is 8.97. The molecule has 0 radical (unpaired) electrons. The van der Waals surface area contributed by atoms with Crippen molar-refractivity contribution in [3.63, 3.8) is 0 Å². The summed E-state index contributed by atoms with van der Waals surface area (Å²) in [5, 5.41) is 0. The standard InChI is InChI=1S/C10H22N2O2/c1-3-4-5-6-7-8-14-9(2)10(13)12-11/h9H,3-8,11H2,1-2H3,(H,12,13). The number of hydrogen-bond acceptors (Lipinski definition) is 3. The Morgan fingerprint density at radius 1 is 1.36 bits per heavy atom. The van der Waals surface area contributed by atoms with E-state index in [-0.39, 0.29) is 5.91 Å². The van der Waals surface area contributed by atoms with Crippen molar-refractivity contribution in [2.75, 3.05) is 6.61 Å². The molecular formula is C10H22N2O2. The molecule has 0 aromatic heterocycles. The van der Waals surface area contributed by atoms with Crippen LogP contribution in [0.4, 0.5) is 0 Å². The van der Waals surface area contributed by atoms with E-state index in [2.05, 4.69) is 12.3 Å². The van der Waals surface area contributed by atoms with Crippen LogP contribution in [0.3, 0.4) is 0 Å². The quantitative estimate of drug-likeness (QED) is 0.270. The summed E-state index contributed by atoms with van der Waals surface area (Å²) < 4.78 is 5.28. The van der Waals surface area contributed by atoms with E-state index in [9.17, 15) is 4.79 Å². The number of nitrogens with two attached hydrogens (primary N) is 1. The largest absolute Gasteiger partial charge is 0.369 e. The molecule has 0 heterocycles. The van der Waals surface area contributed by atoms with Crippen LogP contribution >= 0.6 is 0 Å². The maximum Gasteiger partial charge on any atom is 0.262 e. The lowest BCUT2D eigenvalue weighted by molar-refractivity contribution is -0.131. The number of carbonyl (C=O) groups excluding carboxylic acids is 1. The molecule has 4 heteroatoms. The van der Waals surface area contributed by atoms with Crippen molar-refractivity contribution in [3.05, 3.63) is 0 Å². The van der Waals surface area contributed by atoms with Crippen molar-refractivity contribution < 1.29 is 9.53 Å². The Morgan fingerprint density at radius 2 is 2.00 bits per heavy atom. The first kappa shape index (κ1) is 13.4. The molecule has 14 heavy (non-hydrogen) atoms. The van der Waals surface area contributed by atoms with Crippen LogP contribution in [0.1, 0.15) is 46.0 Å². The summed E-state index contributed by atoms with van der Waals surface area (Å²) >= 11 is 0. The molecule has 0 aliphatic carbocycles. The van der Waals surface area contributed by atoms with E-state index in [1.54, 1.807) is 6.92 Å². The Hall–Kier alpha value is -0.610. The van der Waals surface area contributed by atoms with Crippen molar-refractivity contribution >= 4 is 5.91 Å². The maximum absolute atomic E-state index is 10.9. The van der Waals surface area contributed by atoms with Crippen LogP contribution < -0.4 is 11.3 Å². The molecule has 0 aromatic carbocycles. The number of amides is 1. The van der Waals surface area contributed by atoms with Gasteiger partial charge < -0.3 is 4.74 Å². The van der Waals surface area contributed by atoms with Crippen LogP contribution in [0, 0.1) is 0 Å². The Morgan fingerprint density at radius 3 is 2.57 bits per heavy atom. The minimum absolute atomic E-state index is 0.265. The van der Waals surface area contributed by atoms with Crippen LogP contribution in [0.25, 0.3) is 0 Å². The van der Waals surface area contributed by atoms with Gasteiger partial charge in [0.25, 0.3) is 5.91 Å². The third-order valence-corrected chi connectivity index (χ3v) is 2.13. The molecule has 0 rings (SSSR count). The van der Waals surface area contributed by atoms with E-state index in [0.717, 1.165) is 6.42 Å². The molecule has 0 saturated carbocycles. The van der Waals surface area contributed by atoms with Crippen LogP contribution in [0.15, 0.2) is 0 Å². The first-order valence-corrected chi connectivity index (χ1v) is 5.34. The fourth-order valence-corrected chi connectivity index (χ4v) is 1.16. The Labute approximate surface area is 86.2 Å². The third kappa shape index (κ3) is 6.86. The Balaban J connectivity index is 3.23. The van der Waals surface area contributed by atoms with Gasteiger partial charge in [-0.15, -0.1) is 0 Å². The molecular weight excluding hydrogens is 180 g/mol. The molecule has 4 nitrogen and oxygen atoms in total. The first-order chi connectivity index (χ1) is 6.72. The van der Waals surface area contributed by atoms with Crippen molar-refractivity contribution in [1.29, 1.82) is 0 Å². The predicted octanol–water partition coefficient (Wildman–Crippen LogP) is 1.35. The summed E-state index contributed by atoms with van der Waals surface area (Å²) in [6.45, 7) is 4.52. The van der Waals surface area contributed by atoms with E-state index in [1.165, 1.54) is 25.7 Å². The van der Waals surface area contributed by atoms with Crippen molar-refractivity contribution in [1.82, 2.24) is 5.43 Å². The minimum atomic E-state index is -0.439. The van der Waals surface area contributed by atoms with E-state index < -0.39 is 6.10 Å². The highest BCUT2D eigenvalue weighted by Gasteiger charge is 2.10. The molecule has 0 aliphatic rings. The molecule has 0 spiro atoms. The predicted molar refractivity (Wildman–Crippen MR) is 56.5 cm³/mol. The molecule has 3 N–H and O–H groups in total. The van der Waals surface area contributed by atoms with Gasteiger partial charge in [0.05, 0.1) is 0 Å². The summed E-state index contributed by atoms with van der Waals surface area (Å²) in [6.07, 6.45) is 5.52. The lowest BCUT2D eigenvalue weighted by atomic mass is 10.2. The molecule has 0 fully saturated rings. The minimum Gasteiger partial charge on any atom is -0.369 e. The van der Waals surface area contributed by atoms with Crippen molar-refractivity contribution in [3.8, 4) is 0 Å². The van der Waals surface area contributed by atoms with Gasteiger partial charge in [-0.1, -0.05) is 32.6 Å². The fraction of sp³-hybridized carbons (Fsp3) is 0.900. The third-order valence-electron chi connectivity index (χ3n) is 2.13. The lowest BCUT2D eigenvalue weighted by Crippen LogP contribution is -2.39. The topological polar surface area (TPSA) is 64.3 Å². The van der Waals surface area contributed by atoms with Gasteiger partial charge in [-0.05, 0) is 13.3 Å². The Bertz CT molecular complexity index is 151. The summed E-state index contributed by atoms with van der Waals surface area (Å²) in [5.74, 6) is 4.70. The smallest absolute Gasteiger partial charge is 0.262 e. The van der Waals surface area contributed by atoms with Crippen LogP contribution in [-0.2, 0) is 9.53 Å². The first-order valence-electron chi connectivity index (χ1n) is 5.34. The fourth-order valence-electron chi connectivity index (χ4n) is 1.16. The molecule has 1 unspecified atom stereocenters. The monoisotopic (exact) mass is 202 g/mol. The number of carbonyl (C=O) groups is 1.